The van der Waals surface area contributed by atoms with Gasteiger partial charge in [0.1, 0.15) is 13.2 Å². The number of esters is 3. The Morgan fingerprint density at radius 3 is 0.785 bits per heavy atom. The van der Waals surface area contributed by atoms with Gasteiger partial charge in [-0.05, 0) is 122 Å². The zero-order chi connectivity index (χ0) is 57.1. The van der Waals surface area contributed by atoms with Crippen LogP contribution in [0.1, 0.15) is 316 Å². The smallest absolute Gasteiger partial charge is 0.306 e. The van der Waals surface area contributed by atoms with E-state index in [0.29, 0.717) is 19.3 Å². The van der Waals surface area contributed by atoms with E-state index < -0.39 is 6.10 Å². The summed E-state index contributed by atoms with van der Waals surface area (Å²) >= 11 is 0. The lowest BCUT2D eigenvalue weighted by Crippen LogP contribution is -2.30. The third kappa shape index (κ3) is 64.8. The van der Waals surface area contributed by atoms with Gasteiger partial charge in [-0.15, -0.1) is 0 Å². The average Bonchev–Trinajstić information content (AvgIpc) is 3.45. The van der Waals surface area contributed by atoms with Crippen LogP contribution < -0.4 is 0 Å². The summed E-state index contributed by atoms with van der Waals surface area (Å²) in [5.41, 5.74) is 0. The van der Waals surface area contributed by atoms with Crippen molar-refractivity contribution in [1.82, 2.24) is 0 Å². The van der Waals surface area contributed by atoms with E-state index >= 15 is 0 Å². The molecule has 0 aromatic rings. The second kappa shape index (κ2) is 66.6. The van der Waals surface area contributed by atoms with Gasteiger partial charge in [0.25, 0.3) is 0 Å². The minimum atomic E-state index is -0.795. The summed E-state index contributed by atoms with van der Waals surface area (Å²) in [6.07, 6.45) is 91.2. The van der Waals surface area contributed by atoms with Crippen LogP contribution in [0, 0.1) is 0 Å². The van der Waals surface area contributed by atoms with Crippen molar-refractivity contribution in [3.8, 4) is 0 Å². The molecule has 0 aromatic carbocycles. The monoisotopic (exact) mass is 1100 g/mol. The van der Waals surface area contributed by atoms with Crippen LogP contribution in [0.3, 0.4) is 0 Å². The third-order valence-electron chi connectivity index (χ3n) is 14.2. The Bertz CT molecular complexity index is 1590. The normalized spacial score (nSPS) is 12.8. The van der Waals surface area contributed by atoms with Crippen LogP contribution in [-0.4, -0.2) is 37.2 Å². The summed E-state index contributed by atoms with van der Waals surface area (Å²) in [6.45, 7) is 6.38. The number of allylic oxidation sites excluding steroid dienone is 18. The Morgan fingerprint density at radius 1 is 0.266 bits per heavy atom. The molecule has 0 spiro atoms. The number of ether oxygens (including phenoxy) is 3. The molecule has 0 amide bonds. The van der Waals surface area contributed by atoms with Gasteiger partial charge in [0.15, 0.2) is 6.10 Å². The summed E-state index contributed by atoms with van der Waals surface area (Å²) in [4.78, 5) is 38.3. The van der Waals surface area contributed by atoms with Crippen molar-refractivity contribution < 1.29 is 28.6 Å². The van der Waals surface area contributed by atoms with Crippen LogP contribution in [0.4, 0.5) is 0 Å². The topological polar surface area (TPSA) is 78.9 Å². The van der Waals surface area contributed by atoms with Crippen LogP contribution >= 0.6 is 0 Å². The molecular formula is C73H124O6. The fourth-order valence-corrected chi connectivity index (χ4v) is 9.30. The molecule has 0 aliphatic heterocycles. The lowest BCUT2D eigenvalue weighted by atomic mass is 10.0. The summed E-state index contributed by atoms with van der Waals surface area (Å²) in [5.74, 6) is -0.917. The fraction of sp³-hybridized carbons (Fsp3) is 0.712. The predicted molar refractivity (Wildman–Crippen MR) is 343 cm³/mol. The largest absolute Gasteiger partial charge is 0.462 e. The molecule has 0 rings (SSSR count). The lowest BCUT2D eigenvalue weighted by molar-refractivity contribution is -0.167. The van der Waals surface area contributed by atoms with Crippen molar-refractivity contribution in [3.05, 3.63) is 109 Å². The van der Waals surface area contributed by atoms with Gasteiger partial charge in [0.2, 0.25) is 0 Å². The number of unbranched alkanes of at least 4 members (excludes halogenated alkanes) is 31. The molecule has 0 aromatic heterocycles. The first kappa shape index (κ1) is 75.1. The van der Waals surface area contributed by atoms with Gasteiger partial charge in [-0.1, -0.05) is 284 Å². The van der Waals surface area contributed by atoms with Crippen LogP contribution in [-0.2, 0) is 28.6 Å². The quantitative estimate of drug-likeness (QED) is 0.0261. The molecule has 0 aliphatic rings. The van der Waals surface area contributed by atoms with E-state index in [1.807, 2.05) is 0 Å². The van der Waals surface area contributed by atoms with Gasteiger partial charge in [0, 0.05) is 19.3 Å². The standard InChI is InChI=1S/C73H124O6/c1-4-7-10-13-16-19-22-25-27-29-30-31-32-33-34-35-36-37-38-39-40-41-42-44-45-48-51-54-57-60-63-66-72(75)78-69-70(68-77-71(74)65-62-59-56-53-50-47-24-21-18-15-12-9-6-3)79-73(76)67-64-61-58-55-52-49-46-43-28-26-23-20-17-14-11-8-5-2/h7,9-10,12,16-21,25-28,30-31,47,50,70H,4-6,8,11,13-15,22-24,29,32-46,48-49,51-69H2,1-3H3/b10-7-,12-9-,19-16-,20-17-,21-18-,27-25-,28-26-,31-30-,50-47-. The third-order valence-corrected chi connectivity index (χ3v) is 14.2. The molecule has 0 bridgehead atoms. The summed E-state index contributed by atoms with van der Waals surface area (Å²) in [5, 5.41) is 0. The first-order chi connectivity index (χ1) is 39.0. The van der Waals surface area contributed by atoms with Crippen LogP contribution in [0.25, 0.3) is 0 Å². The Hall–Kier alpha value is -3.93. The van der Waals surface area contributed by atoms with E-state index in [1.54, 1.807) is 0 Å². The second-order valence-corrected chi connectivity index (χ2v) is 22.0. The van der Waals surface area contributed by atoms with Gasteiger partial charge < -0.3 is 14.2 Å². The van der Waals surface area contributed by atoms with E-state index in [0.717, 1.165) is 122 Å². The highest BCUT2D eigenvalue weighted by atomic mass is 16.6. The summed E-state index contributed by atoms with van der Waals surface area (Å²) in [6, 6.07) is 0. The van der Waals surface area contributed by atoms with E-state index in [4.69, 9.17) is 14.2 Å². The van der Waals surface area contributed by atoms with Gasteiger partial charge in [-0.25, -0.2) is 0 Å². The van der Waals surface area contributed by atoms with E-state index in [-0.39, 0.29) is 31.1 Å². The minimum absolute atomic E-state index is 0.0889. The number of rotatable bonds is 60. The molecule has 6 nitrogen and oxygen atoms in total. The van der Waals surface area contributed by atoms with Crippen molar-refractivity contribution in [2.45, 2.75) is 322 Å². The minimum Gasteiger partial charge on any atom is -0.462 e. The molecule has 1 unspecified atom stereocenters. The maximum Gasteiger partial charge on any atom is 0.306 e. The highest BCUT2D eigenvalue weighted by Gasteiger charge is 2.19. The number of carbonyl (C=O) groups is 3. The van der Waals surface area contributed by atoms with Crippen molar-refractivity contribution >= 4 is 17.9 Å². The highest BCUT2D eigenvalue weighted by Crippen LogP contribution is 2.17. The van der Waals surface area contributed by atoms with Crippen LogP contribution in [0.2, 0.25) is 0 Å². The molecule has 0 N–H and O–H groups in total. The molecular weight excluding hydrogens is 973 g/mol. The Balaban J connectivity index is 4.21. The first-order valence-electron chi connectivity index (χ1n) is 33.4. The zero-order valence-electron chi connectivity index (χ0n) is 51.9. The Morgan fingerprint density at radius 2 is 0.494 bits per heavy atom. The maximum atomic E-state index is 12.9. The maximum absolute atomic E-state index is 12.9. The molecule has 0 saturated carbocycles. The molecule has 0 fully saturated rings. The van der Waals surface area contributed by atoms with E-state index in [1.165, 1.54) is 154 Å². The number of hydrogen-bond acceptors (Lipinski definition) is 6. The number of hydrogen-bond donors (Lipinski definition) is 0. The Labute approximate surface area is 489 Å². The number of carbonyl (C=O) groups excluding carboxylic acids is 3. The van der Waals surface area contributed by atoms with Crippen molar-refractivity contribution in [2.75, 3.05) is 13.2 Å². The second-order valence-electron chi connectivity index (χ2n) is 22.0. The van der Waals surface area contributed by atoms with Crippen molar-refractivity contribution in [2.24, 2.45) is 0 Å². The lowest BCUT2D eigenvalue weighted by Gasteiger charge is -2.18. The first-order valence-corrected chi connectivity index (χ1v) is 33.4. The van der Waals surface area contributed by atoms with Crippen molar-refractivity contribution in [3.63, 3.8) is 0 Å². The van der Waals surface area contributed by atoms with Gasteiger partial charge in [-0.3, -0.25) is 14.4 Å². The molecule has 1 atom stereocenters. The van der Waals surface area contributed by atoms with E-state index in [9.17, 15) is 14.4 Å². The average molecular weight is 1100 g/mol. The zero-order valence-corrected chi connectivity index (χ0v) is 51.9. The SMILES string of the molecule is CC/C=C\C/C=C\C/C=C\C/C=C\CCCCCCCCCCCCCCCCCCCCC(=O)OCC(COC(=O)CCCCC/C=C\C/C=C\C/C=C\CC)OC(=O)CCCCCCCCC/C=C\C/C=C\CCCCC. The molecule has 6 heteroatoms. The molecule has 452 valence electrons. The summed E-state index contributed by atoms with van der Waals surface area (Å²) in [7, 11) is 0. The highest BCUT2D eigenvalue weighted by molar-refractivity contribution is 5.71. The molecule has 0 radical (unpaired) electrons. The Kier molecular flexibility index (Phi) is 63.3. The van der Waals surface area contributed by atoms with Gasteiger partial charge >= 0.3 is 17.9 Å². The van der Waals surface area contributed by atoms with Gasteiger partial charge in [-0.2, -0.15) is 0 Å². The molecule has 0 saturated heterocycles. The predicted octanol–water partition coefficient (Wildman–Crippen LogP) is 23.0. The molecule has 79 heavy (non-hydrogen) atoms. The molecule has 0 heterocycles. The fourth-order valence-electron chi connectivity index (χ4n) is 9.30. The van der Waals surface area contributed by atoms with Crippen LogP contribution in [0.15, 0.2) is 109 Å². The summed E-state index contributed by atoms with van der Waals surface area (Å²) < 4.78 is 16.9. The van der Waals surface area contributed by atoms with Crippen molar-refractivity contribution in [1.29, 1.82) is 0 Å². The molecule has 0 aliphatic carbocycles. The van der Waals surface area contributed by atoms with Crippen LogP contribution in [0.5, 0.6) is 0 Å². The van der Waals surface area contributed by atoms with Gasteiger partial charge in [0.05, 0.1) is 0 Å². The van der Waals surface area contributed by atoms with E-state index in [2.05, 4.69) is 130 Å².